The second-order valence-corrected chi connectivity index (χ2v) is 8.13. The van der Waals surface area contributed by atoms with Gasteiger partial charge in [-0.15, -0.1) is 0 Å². The molecule has 1 aliphatic rings. The van der Waals surface area contributed by atoms with Gasteiger partial charge in [-0.05, 0) is 30.9 Å². The smallest absolute Gasteiger partial charge is 0.289 e. The maximum absolute atomic E-state index is 12.9. The minimum atomic E-state index is -3.98. The van der Waals surface area contributed by atoms with Gasteiger partial charge in [-0.2, -0.15) is 0 Å². The van der Waals surface area contributed by atoms with Crippen molar-refractivity contribution in [3.8, 4) is 0 Å². The van der Waals surface area contributed by atoms with Crippen LogP contribution in [0.25, 0.3) is 0 Å². The van der Waals surface area contributed by atoms with Gasteiger partial charge in [-0.3, -0.25) is 4.79 Å². The summed E-state index contributed by atoms with van der Waals surface area (Å²) in [6.45, 7) is 1.18. The molecule has 1 aromatic carbocycles. The normalized spacial score (nSPS) is 14.5. The molecule has 1 heterocycles. The molecule has 3 rings (SSSR count). The molecule has 1 N–H and O–H groups in total. The average Bonchev–Trinajstić information content (AvgIpc) is 3.30. The van der Waals surface area contributed by atoms with Gasteiger partial charge in [0.25, 0.3) is 5.91 Å². The van der Waals surface area contributed by atoms with E-state index in [-0.39, 0.29) is 18.2 Å². The molecular weight excluding hydrogens is 344 g/mol. The summed E-state index contributed by atoms with van der Waals surface area (Å²) in [4.78, 5) is 16.9. The topological polar surface area (TPSA) is 101 Å². The number of benzene rings is 1. The number of nitrogens with zero attached hydrogens (tertiary/aromatic N) is 2. The Morgan fingerprint density at radius 2 is 2.08 bits per heavy atom. The summed E-state index contributed by atoms with van der Waals surface area (Å²) < 4.78 is 31.2. The Labute approximate surface area is 146 Å². The predicted octanol–water partition coefficient (Wildman–Crippen LogP) is 1.82. The number of rotatable bonds is 7. The van der Waals surface area contributed by atoms with Crippen molar-refractivity contribution in [2.45, 2.75) is 32.2 Å². The minimum Gasteiger partial charge on any atom is -0.447 e. The lowest BCUT2D eigenvalue weighted by Gasteiger charge is -2.22. The molecule has 0 aliphatic heterocycles. The Hall–Kier alpha value is -2.19. The number of oxazole rings is 1. The van der Waals surface area contributed by atoms with E-state index in [9.17, 15) is 13.2 Å². The fourth-order valence-electron chi connectivity index (χ4n) is 2.63. The van der Waals surface area contributed by atoms with Gasteiger partial charge in [-0.1, -0.05) is 24.3 Å². The highest BCUT2D eigenvalue weighted by Gasteiger charge is 2.37. The highest BCUT2D eigenvalue weighted by Crippen LogP contribution is 2.41. The van der Waals surface area contributed by atoms with Crippen molar-refractivity contribution >= 4 is 15.9 Å². The molecule has 8 heteroatoms. The van der Waals surface area contributed by atoms with Gasteiger partial charge in [-0.25, -0.2) is 17.7 Å². The zero-order valence-electron chi connectivity index (χ0n) is 13.9. The molecular formula is C17H20N2O5S. The van der Waals surface area contributed by atoms with Gasteiger partial charge in [0.05, 0.1) is 18.9 Å². The fourth-order valence-corrected chi connectivity index (χ4v) is 3.76. The number of hydrogen-bond acceptors (Lipinski definition) is 6. The average molecular weight is 364 g/mol. The zero-order valence-corrected chi connectivity index (χ0v) is 14.7. The van der Waals surface area contributed by atoms with E-state index in [1.807, 2.05) is 19.1 Å². The monoisotopic (exact) mass is 364 g/mol. The van der Waals surface area contributed by atoms with Crippen LogP contribution in [0.5, 0.6) is 0 Å². The van der Waals surface area contributed by atoms with Crippen LogP contribution in [0.15, 0.2) is 35.1 Å². The number of sulfonamides is 1. The SMILES string of the molecule is Cc1ccccc1CN(C(=O)c1ncoc1C1CC1)S(=O)(=O)CCO. The van der Waals surface area contributed by atoms with Crippen LogP contribution in [-0.2, 0) is 16.6 Å². The number of carbonyl (C=O) groups excluding carboxylic acids is 1. The van der Waals surface area contributed by atoms with Gasteiger partial charge in [0.1, 0.15) is 5.76 Å². The molecule has 0 unspecified atom stereocenters. The van der Waals surface area contributed by atoms with E-state index in [2.05, 4.69) is 4.98 Å². The molecule has 1 saturated carbocycles. The first-order chi connectivity index (χ1) is 11.9. The van der Waals surface area contributed by atoms with Crippen LogP contribution < -0.4 is 0 Å². The van der Waals surface area contributed by atoms with Crippen molar-refractivity contribution in [1.82, 2.24) is 9.29 Å². The molecule has 0 saturated heterocycles. The number of amides is 1. The molecule has 0 spiro atoms. The van der Waals surface area contributed by atoms with E-state index < -0.39 is 28.3 Å². The predicted molar refractivity (Wildman–Crippen MR) is 90.4 cm³/mol. The van der Waals surface area contributed by atoms with E-state index in [1.165, 1.54) is 6.39 Å². The summed E-state index contributed by atoms with van der Waals surface area (Å²) in [7, 11) is -3.98. The quantitative estimate of drug-likeness (QED) is 0.804. The van der Waals surface area contributed by atoms with Gasteiger partial charge < -0.3 is 9.52 Å². The number of aliphatic hydroxyl groups is 1. The Balaban J connectivity index is 1.97. The van der Waals surface area contributed by atoms with E-state index in [4.69, 9.17) is 9.52 Å². The summed E-state index contributed by atoms with van der Waals surface area (Å²) >= 11 is 0. The summed E-state index contributed by atoms with van der Waals surface area (Å²) in [5, 5.41) is 9.09. The maximum atomic E-state index is 12.9. The summed E-state index contributed by atoms with van der Waals surface area (Å²) in [6, 6.07) is 7.25. The number of aromatic nitrogens is 1. The molecule has 0 bridgehead atoms. The van der Waals surface area contributed by atoms with E-state index >= 15 is 0 Å². The Bertz CT molecular complexity index is 871. The number of carbonyl (C=O) groups is 1. The van der Waals surface area contributed by atoms with Crippen LogP contribution in [0.1, 0.15) is 46.1 Å². The summed E-state index contributed by atoms with van der Waals surface area (Å²) in [5.74, 6) is -0.671. The van der Waals surface area contributed by atoms with Gasteiger partial charge in [0, 0.05) is 5.92 Å². The molecule has 1 amide bonds. The van der Waals surface area contributed by atoms with Crippen LogP contribution in [0, 0.1) is 6.92 Å². The molecule has 1 aliphatic carbocycles. The standard InChI is InChI=1S/C17H20N2O5S/c1-12-4-2-3-5-14(12)10-19(25(22,23)9-8-20)17(21)15-16(13-6-7-13)24-11-18-15/h2-5,11,13,20H,6-10H2,1H3. The summed E-state index contributed by atoms with van der Waals surface area (Å²) in [5.41, 5.74) is 1.63. The third-order valence-corrected chi connectivity index (χ3v) is 5.90. The van der Waals surface area contributed by atoms with Crippen LogP contribution >= 0.6 is 0 Å². The highest BCUT2D eigenvalue weighted by atomic mass is 32.2. The number of aliphatic hydroxyl groups excluding tert-OH is 1. The maximum Gasteiger partial charge on any atom is 0.289 e. The Morgan fingerprint density at radius 3 is 2.72 bits per heavy atom. The molecule has 134 valence electrons. The van der Waals surface area contributed by atoms with Crippen molar-refractivity contribution < 1.29 is 22.7 Å². The van der Waals surface area contributed by atoms with E-state index in [0.717, 1.165) is 22.7 Å². The van der Waals surface area contributed by atoms with E-state index in [1.54, 1.807) is 12.1 Å². The van der Waals surface area contributed by atoms with Crippen LogP contribution in [0.4, 0.5) is 0 Å². The lowest BCUT2D eigenvalue weighted by atomic mass is 10.1. The zero-order chi connectivity index (χ0) is 18.0. The second kappa shape index (κ2) is 6.97. The lowest BCUT2D eigenvalue weighted by Crippen LogP contribution is -2.39. The number of aryl methyl sites for hydroxylation is 1. The lowest BCUT2D eigenvalue weighted by molar-refractivity contribution is 0.0847. The molecule has 0 atom stereocenters. The molecule has 7 nitrogen and oxygen atoms in total. The Kier molecular flexibility index (Phi) is 4.91. The van der Waals surface area contributed by atoms with Gasteiger partial charge in [0.15, 0.2) is 12.1 Å². The highest BCUT2D eigenvalue weighted by molar-refractivity contribution is 7.89. The van der Waals surface area contributed by atoms with Crippen LogP contribution in [0.3, 0.4) is 0 Å². The molecule has 2 aromatic rings. The van der Waals surface area contributed by atoms with Crippen molar-refractivity contribution in [2.75, 3.05) is 12.4 Å². The number of hydrogen-bond donors (Lipinski definition) is 1. The van der Waals surface area contributed by atoms with Crippen molar-refractivity contribution in [3.05, 3.63) is 53.2 Å². The molecule has 0 radical (unpaired) electrons. The summed E-state index contributed by atoms with van der Waals surface area (Å²) in [6.07, 6.45) is 2.97. The molecule has 1 fully saturated rings. The Morgan fingerprint density at radius 1 is 1.36 bits per heavy atom. The second-order valence-electron chi connectivity index (χ2n) is 6.12. The van der Waals surface area contributed by atoms with Crippen molar-refractivity contribution in [1.29, 1.82) is 0 Å². The third-order valence-electron chi connectivity index (χ3n) is 4.23. The largest absolute Gasteiger partial charge is 0.447 e. The van der Waals surface area contributed by atoms with Gasteiger partial charge >= 0.3 is 0 Å². The molecule has 1 aromatic heterocycles. The third kappa shape index (κ3) is 3.74. The van der Waals surface area contributed by atoms with E-state index in [0.29, 0.717) is 11.3 Å². The first kappa shape index (κ1) is 17.6. The fraction of sp³-hybridized carbons (Fsp3) is 0.412. The van der Waals surface area contributed by atoms with Crippen molar-refractivity contribution in [3.63, 3.8) is 0 Å². The van der Waals surface area contributed by atoms with Crippen molar-refractivity contribution in [2.24, 2.45) is 0 Å². The first-order valence-electron chi connectivity index (χ1n) is 8.07. The first-order valence-corrected chi connectivity index (χ1v) is 9.68. The molecule has 25 heavy (non-hydrogen) atoms. The van der Waals surface area contributed by atoms with Crippen LogP contribution in [-0.4, -0.2) is 41.1 Å². The van der Waals surface area contributed by atoms with Gasteiger partial charge in [0.2, 0.25) is 10.0 Å². The minimum absolute atomic E-state index is 0.0394. The van der Waals surface area contributed by atoms with Crippen LogP contribution in [0.2, 0.25) is 0 Å².